The molecule has 0 radical (unpaired) electrons. The summed E-state index contributed by atoms with van der Waals surface area (Å²) in [6, 6.07) is 17.5. The van der Waals surface area contributed by atoms with E-state index in [1.807, 2.05) is 24.1 Å². The number of hydrogen-bond acceptors (Lipinski definition) is 5. The number of hydrogen-bond donors (Lipinski definition) is 0. The van der Waals surface area contributed by atoms with E-state index in [0.717, 1.165) is 30.8 Å². The normalized spacial score (nSPS) is 14.8. The summed E-state index contributed by atoms with van der Waals surface area (Å²) in [5.74, 6) is -0.0355. The molecule has 0 bridgehead atoms. The summed E-state index contributed by atoms with van der Waals surface area (Å²) in [5, 5.41) is 0. The fraction of sp³-hybridized carbons (Fsp3) is 0.280. The Bertz CT molecular complexity index is 1190. The zero-order valence-corrected chi connectivity index (χ0v) is 19.7. The fourth-order valence-electron chi connectivity index (χ4n) is 3.86. The van der Waals surface area contributed by atoms with Crippen molar-refractivity contribution < 1.29 is 13.2 Å². The Hall–Kier alpha value is -3.23. The first-order chi connectivity index (χ1) is 15.8. The van der Waals surface area contributed by atoms with E-state index in [2.05, 4.69) is 16.0 Å². The number of amides is 1. The van der Waals surface area contributed by atoms with Gasteiger partial charge < -0.3 is 4.90 Å². The van der Waals surface area contributed by atoms with Gasteiger partial charge >= 0.3 is 0 Å². The van der Waals surface area contributed by atoms with Crippen LogP contribution < -0.4 is 4.31 Å². The number of pyridine rings is 1. The largest absolute Gasteiger partial charge is 0.336 e. The maximum atomic E-state index is 13.0. The molecule has 33 heavy (non-hydrogen) atoms. The van der Waals surface area contributed by atoms with Crippen LogP contribution in [-0.4, -0.2) is 62.3 Å². The van der Waals surface area contributed by atoms with Crippen LogP contribution in [0.15, 0.2) is 78.0 Å². The number of carbonyl (C=O) groups excluding carboxylic acids is 1. The van der Waals surface area contributed by atoms with E-state index in [0.29, 0.717) is 24.3 Å². The standard InChI is InChI=1S/C25H28N4O3S/c1-20-5-11-24(12-6-20)33(31,32)27(2)23-9-7-22(8-10-23)25(30)29-16-14-28(15-17-29)19-21-4-3-13-26-18-21/h3-13,18H,14-17,19H2,1-2H3. The SMILES string of the molecule is Cc1ccc(S(=O)(=O)N(C)c2ccc(C(=O)N3CCN(Cc4cccnc4)CC3)cc2)cc1. The molecule has 0 N–H and O–H groups in total. The summed E-state index contributed by atoms with van der Waals surface area (Å²) in [7, 11) is -2.15. The van der Waals surface area contributed by atoms with Crippen LogP contribution in [0.5, 0.6) is 0 Å². The summed E-state index contributed by atoms with van der Waals surface area (Å²) in [4.78, 5) is 21.5. The molecule has 2 heterocycles. The van der Waals surface area contributed by atoms with Gasteiger partial charge in [0.15, 0.2) is 0 Å². The summed E-state index contributed by atoms with van der Waals surface area (Å²) in [5.41, 5.74) is 3.23. The molecule has 1 saturated heterocycles. The van der Waals surface area contributed by atoms with Crippen LogP contribution in [0.4, 0.5) is 5.69 Å². The molecule has 7 nitrogen and oxygen atoms in total. The minimum Gasteiger partial charge on any atom is -0.336 e. The molecule has 1 fully saturated rings. The third-order valence-electron chi connectivity index (χ3n) is 5.95. The van der Waals surface area contributed by atoms with Gasteiger partial charge in [-0.2, -0.15) is 0 Å². The van der Waals surface area contributed by atoms with Gasteiger partial charge in [0.25, 0.3) is 15.9 Å². The number of nitrogens with zero attached hydrogens (tertiary/aromatic N) is 4. The molecule has 1 aromatic heterocycles. The first-order valence-corrected chi connectivity index (χ1v) is 12.3. The van der Waals surface area contributed by atoms with Gasteiger partial charge in [0, 0.05) is 57.7 Å². The number of aromatic nitrogens is 1. The molecular formula is C25H28N4O3S. The fourth-order valence-corrected chi connectivity index (χ4v) is 5.06. The second-order valence-electron chi connectivity index (χ2n) is 8.26. The second kappa shape index (κ2) is 9.72. The molecule has 0 atom stereocenters. The minimum absolute atomic E-state index is 0.0355. The van der Waals surface area contributed by atoms with E-state index in [1.54, 1.807) is 54.7 Å². The Morgan fingerprint density at radius 3 is 2.24 bits per heavy atom. The summed E-state index contributed by atoms with van der Waals surface area (Å²) < 4.78 is 27.1. The van der Waals surface area contributed by atoms with Gasteiger partial charge in [0.2, 0.25) is 0 Å². The first-order valence-electron chi connectivity index (χ1n) is 10.9. The molecular weight excluding hydrogens is 436 g/mol. The van der Waals surface area contributed by atoms with Crippen molar-refractivity contribution in [2.75, 3.05) is 37.5 Å². The monoisotopic (exact) mass is 464 g/mol. The van der Waals surface area contributed by atoms with Crippen molar-refractivity contribution >= 4 is 21.6 Å². The number of sulfonamides is 1. The summed E-state index contributed by atoms with van der Waals surface area (Å²) in [6.07, 6.45) is 3.64. The van der Waals surface area contributed by atoms with Crippen molar-refractivity contribution in [1.82, 2.24) is 14.8 Å². The molecule has 2 aromatic carbocycles. The van der Waals surface area contributed by atoms with E-state index in [1.165, 1.54) is 11.4 Å². The molecule has 172 valence electrons. The van der Waals surface area contributed by atoms with Crippen LogP contribution in [0.2, 0.25) is 0 Å². The molecule has 4 rings (SSSR count). The lowest BCUT2D eigenvalue weighted by Gasteiger charge is -2.34. The first kappa shape index (κ1) is 22.9. The highest BCUT2D eigenvalue weighted by Gasteiger charge is 2.24. The highest BCUT2D eigenvalue weighted by atomic mass is 32.2. The van der Waals surface area contributed by atoms with Crippen molar-refractivity contribution in [3.63, 3.8) is 0 Å². The third-order valence-corrected chi connectivity index (χ3v) is 7.75. The van der Waals surface area contributed by atoms with Crippen molar-refractivity contribution in [3.8, 4) is 0 Å². The van der Waals surface area contributed by atoms with Crippen molar-refractivity contribution in [3.05, 3.63) is 89.7 Å². The van der Waals surface area contributed by atoms with E-state index in [4.69, 9.17) is 0 Å². The molecule has 3 aromatic rings. The summed E-state index contributed by atoms with van der Waals surface area (Å²) >= 11 is 0. The Labute approximate surface area is 195 Å². The summed E-state index contributed by atoms with van der Waals surface area (Å²) in [6.45, 7) is 5.65. The lowest BCUT2D eigenvalue weighted by molar-refractivity contribution is 0.0628. The topological polar surface area (TPSA) is 73.8 Å². The molecule has 0 unspecified atom stereocenters. The quantitative estimate of drug-likeness (QED) is 0.560. The van der Waals surface area contributed by atoms with Crippen LogP contribution in [0.3, 0.4) is 0 Å². The van der Waals surface area contributed by atoms with Gasteiger partial charge in [-0.15, -0.1) is 0 Å². The number of aryl methyl sites for hydroxylation is 1. The maximum Gasteiger partial charge on any atom is 0.264 e. The number of rotatable bonds is 6. The van der Waals surface area contributed by atoms with Gasteiger partial charge in [0.1, 0.15) is 0 Å². The number of piperazine rings is 1. The molecule has 1 amide bonds. The van der Waals surface area contributed by atoms with E-state index in [-0.39, 0.29) is 10.8 Å². The molecule has 8 heteroatoms. The highest BCUT2D eigenvalue weighted by Crippen LogP contribution is 2.23. The van der Waals surface area contributed by atoms with E-state index < -0.39 is 10.0 Å². The predicted molar refractivity (Wildman–Crippen MR) is 129 cm³/mol. The van der Waals surface area contributed by atoms with Gasteiger partial charge in [-0.3, -0.25) is 19.0 Å². The number of carbonyl (C=O) groups is 1. The Kier molecular flexibility index (Phi) is 6.76. The van der Waals surface area contributed by atoms with Crippen LogP contribution in [0, 0.1) is 6.92 Å². The highest BCUT2D eigenvalue weighted by molar-refractivity contribution is 7.92. The molecule has 1 aliphatic heterocycles. The van der Waals surface area contributed by atoms with E-state index >= 15 is 0 Å². The maximum absolute atomic E-state index is 13.0. The zero-order valence-electron chi connectivity index (χ0n) is 18.9. The van der Waals surface area contributed by atoms with Crippen LogP contribution in [0.25, 0.3) is 0 Å². The lowest BCUT2D eigenvalue weighted by Crippen LogP contribution is -2.48. The average molecular weight is 465 g/mol. The van der Waals surface area contributed by atoms with Gasteiger partial charge in [-0.05, 0) is 55.0 Å². The molecule has 0 spiro atoms. The third kappa shape index (κ3) is 5.23. The predicted octanol–water partition coefficient (Wildman–Crippen LogP) is 3.17. The lowest BCUT2D eigenvalue weighted by atomic mass is 10.1. The van der Waals surface area contributed by atoms with Gasteiger partial charge in [-0.25, -0.2) is 8.42 Å². The Morgan fingerprint density at radius 1 is 0.970 bits per heavy atom. The number of benzene rings is 2. The van der Waals surface area contributed by atoms with Gasteiger partial charge in [0.05, 0.1) is 10.6 Å². The number of anilines is 1. The minimum atomic E-state index is -3.67. The molecule has 0 saturated carbocycles. The molecule has 1 aliphatic rings. The second-order valence-corrected chi connectivity index (χ2v) is 10.2. The Morgan fingerprint density at radius 2 is 1.64 bits per heavy atom. The van der Waals surface area contributed by atoms with Crippen LogP contribution >= 0.6 is 0 Å². The van der Waals surface area contributed by atoms with Crippen molar-refractivity contribution in [2.45, 2.75) is 18.4 Å². The average Bonchev–Trinajstić information content (AvgIpc) is 2.84. The van der Waals surface area contributed by atoms with E-state index in [9.17, 15) is 13.2 Å². The van der Waals surface area contributed by atoms with Crippen LogP contribution in [-0.2, 0) is 16.6 Å². The molecule has 0 aliphatic carbocycles. The van der Waals surface area contributed by atoms with Crippen molar-refractivity contribution in [2.24, 2.45) is 0 Å². The van der Waals surface area contributed by atoms with Gasteiger partial charge in [-0.1, -0.05) is 23.8 Å². The van der Waals surface area contributed by atoms with Crippen molar-refractivity contribution in [1.29, 1.82) is 0 Å². The Balaban J connectivity index is 1.38. The van der Waals surface area contributed by atoms with Crippen LogP contribution in [0.1, 0.15) is 21.5 Å². The zero-order chi connectivity index (χ0) is 23.4. The smallest absolute Gasteiger partial charge is 0.264 e.